The molecule has 0 saturated heterocycles. The summed E-state index contributed by atoms with van der Waals surface area (Å²) in [6.45, 7) is 3.52. The summed E-state index contributed by atoms with van der Waals surface area (Å²) in [5.41, 5.74) is 1.65. The first-order valence-corrected chi connectivity index (χ1v) is 7.87. The third-order valence-corrected chi connectivity index (χ3v) is 4.10. The Labute approximate surface area is 133 Å². The molecule has 6 heteroatoms. The molecule has 116 valence electrons. The summed E-state index contributed by atoms with van der Waals surface area (Å²) in [4.78, 5) is 27.5. The van der Waals surface area contributed by atoms with Crippen molar-refractivity contribution in [2.24, 2.45) is 5.92 Å². The molecule has 1 aromatic heterocycles. The number of nitrogens with zero attached hydrogens (tertiary/aromatic N) is 1. The van der Waals surface area contributed by atoms with Crippen LogP contribution in [0.5, 0.6) is 0 Å². The molecule has 0 bridgehead atoms. The molecule has 1 heterocycles. The number of rotatable bonds is 6. The first kappa shape index (κ1) is 16.2. The molecule has 0 radical (unpaired) electrons. The second-order valence-corrected chi connectivity index (χ2v) is 6.17. The van der Waals surface area contributed by atoms with Gasteiger partial charge in [-0.15, -0.1) is 11.3 Å². The van der Waals surface area contributed by atoms with Gasteiger partial charge in [0.25, 0.3) is 0 Å². The smallest absolute Gasteiger partial charge is 0.326 e. The molecule has 2 aromatic rings. The topological polar surface area (TPSA) is 79.3 Å². The van der Waals surface area contributed by atoms with Gasteiger partial charge in [0.15, 0.2) is 0 Å². The van der Waals surface area contributed by atoms with Crippen LogP contribution in [0.15, 0.2) is 35.7 Å². The molecule has 1 aromatic carbocycles. The number of hydrogen-bond donors (Lipinski definition) is 2. The lowest BCUT2D eigenvalue weighted by Crippen LogP contribution is -2.44. The van der Waals surface area contributed by atoms with E-state index in [2.05, 4.69) is 10.3 Å². The van der Waals surface area contributed by atoms with Gasteiger partial charge in [-0.2, -0.15) is 0 Å². The highest BCUT2D eigenvalue weighted by Crippen LogP contribution is 2.23. The summed E-state index contributed by atoms with van der Waals surface area (Å²) < 4.78 is 0. The Balaban J connectivity index is 2.01. The summed E-state index contributed by atoms with van der Waals surface area (Å²) in [5.74, 6) is -1.52. The van der Waals surface area contributed by atoms with Crippen LogP contribution in [0.2, 0.25) is 0 Å². The van der Waals surface area contributed by atoms with Crippen molar-refractivity contribution < 1.29 is 14.7 Å². The molecular weight excluding hydrogens is 300 g/mol. The van der Waals surface area contributed by atoms with Gasteiger partial charge in [-0.3, -0.25) is 4.79 Å². The van der Waals surface area contributed by atoms with Gasteiger partial charge in [0.05, 0.1) is 12.1 Å². The Kier molecular flexibility index (Phi) is 5.27. The molecular formula is C16H18N2O3S. The van der Waals surface area contributed by atoms with Gasteiger partial charge < -0.3 is 10.4 Å². The van der Waals surface area contributed by atoms with E-state index in [1.54, 1.807) is 13.8 Å². The number of hydrogen-bond acceptors (Lipinski definition) is 4. The standard InChI is InChI=1S/C16H18N2O3S/c1-10(2)14(16(20)21)18-13(19)8-12-9-22-15(17-12)11-6-4-3-5-7-11/h3-7,9-10,14H,8H2,1-2H3,(H,18,19)(H,20,21)/t14-/m0/s1. The van der Waals surface area contributed by atoms with Crippen LogP contribution < -0.4 is 5.32 Å². The minimum atomic E-state index is -1.02. The molecule has 1 amide bonds. The molecule has 5 nitrogen and oxygen atoms in total. The Bertz CT molecular complexity index is 652. The van der Waals surface area contributed by atoms with Crippen LogP contribution in [-0.4, -0.2) is 28.0 Å². The van der Waals surface area contributed by atoms with Crippen molar-refractivity contribution in [2.45, 2.75) is 26.3 Å². The summed E-state index contributed by atoms with van der Waals surface area (Å²) >= 11 is 1.47. The van der Waals surface area contributed by atoms with E-state index >= 15 is 0 Å². The average Bonchev–Trinajstić information content (AvgIpc) is 2.93. The zero-order valence-electron chi connectivity index (χ0n) is 12.4. The molecule has 0 fully saturated rings. The fraction of sp³-hybridized carbons (Fsp3) is 0.312. The highest BCUT2D eigenvalue weighted by atomic mass is 32.1. The van der Waals surface area contributed by atoms with Crippen molar-refractivity contribution in [2.75, 3.05) is 0 Å². The Hall–Kier alpha value is -2.21. The summed E-state index contributed by atoms with van der Waals surface area (Å²) in [7, 11) is 0. The minimum Gasteiger partial charge on any atom is -0.480 e. The lowest BCUT2D eigenvalue weighted by Gasteiger charge is -2.17. The number of carbonyl (C=O) groups is 2. The maximum Gasteiger partial charge on any atom is 0.326 e. The van der Waals surface area contributed by atoms with Crippen molar-refractivity contribution in [1.29, 1.82) is 0 Å². The summed E-state index contributed by atoms with van der Waals surface area (Å²) in [5, 5.41) is 14.3. The Morgan fingerprint density at radius 3 is 2.55 bits per heavy atom. The van der Waals surface area contributed by atoms with Gasteiger partial charge in [0, 0.05) is 10.9 Å². The number of amides is 1. The molecule has 0 aliphatic carbocycles. The van der Waals surface area contributed by atoms with Crippen LogP contribution >= 0.6 is 11.3 Å². The van der Waals surface area contributed by atoms with Gasteiger partial charge in [-0.05, 0) is 5.92 Å². The number of thiazole rings is 1. The number of carboxylic acid groups (broad SMARTS) is 1. The van der Waals surface area contributed by atoms with Crippen LogP contribution in [0.25, 0.3) is 10.6 Å². The maximum atomic E-state index is 12.0. The van der Waals surface area contributed by atoms with E-state index in [4.69, 9.17) is 5.11 Å². The first-order chi connectivity index (χ1) is 10.5. The lowest BCUT2D eigenvalue weighted by molar-refractivity contribution is -0.143. The molecule has 2 rings (SSSR count). The predicted molar refractivity (Wildman–Crippen MR) is 85.7 cm³/mol. The third-order valence-electron chi connectivity index (χ3n) is 3.16. The molecule has 0 aliphatic heterocycles. The monoisotopic (exact) mass is 318 g/mol. The third kappa shape index (κ3) is 4.14. The average molecular weight is 318 g/mol. The van der Waals surface area contributed by atoms with Crippen molar-refractivity contribution in [3.05, 3.63) is 41.4 Å². The van der Waals surface area contributed by atoms with Crippen LogP contribution in [-0.2, 0) is 16.0 Å². The number of aromatic nitrogens is 1. The van der Waals surface area contributed by atoms with Gasteiger partial charge in [0.2, 0.25) is 5.91 Å². The van der Waals surface area contributed by atoms with E-state index < -0.39 is 12.0 Å². The number of aliphatic carboxylic acids is 1. The highest BCUT2D eigenvalue weighted by molar-refractivity contribution is 7.13. The quantitative estimate of drug-likeness (QED) is 0.858. The van der Waals surface area contributed by atoms with Crippen molar-refractivity contribution >= 4 is 23.2 Å². The van der Waals surface area contributed by atoms with Crippen LogP contribution in [0.4, 0.5) is 0 Å². The van der Waals surface area contributed by atoms with E-state index in [0.717, 1.165) is 10.6 Å². The first-order valence-electron chi connectivity index (χ1n) is 6.99. The van der Waals surface area contributed by atoms with Crippen molar-refractivity contribution in [3.8, 4) is 10.6 Å². The number of nitrogens with one attached hydrogen (secondary N) is 1. The Morgan fingerprint density at radius 2 is 1.95 bits per heavy atom. The highest BCUT2D eigenvalue weighted by Gasteiger charge is 2.23. The van der Waals surface area contributed by atoms with Crippen LogP contribution in [0.1, 0.15) is 19.5 Å². The predicted octanol–water partition coefficient (Wildman–Crippen LogP) is 2.58. The number of carboxylic acids is 1. The maximum absolute atomic E-state index is 12.0. The second kappa shape index (κ2) is 7.17. The zero-order valence-corrected chi connectivity index (χ0v) is 13.3. The largest absolute Gasteiger partial charge is 0.480 e. The minimum absolute atomic E-state index is 0.0832. The fourth-order valence-electron chi connectivity index (χ4n) is 2.00. The fourth-order valence-corrected chi connectivity index (χ4v) is 2.83. The number of carbonyl (C=O) groups excluding carboxylic acids is 1. The number of benzene rings is 1. The van der Waals surface area contributed by atoms with E-state index in [-0.39, 0.29) is 18.2 Å². The van der Waals surface area contributed by atoms with E-state index in [9.17, 15) is 9.59 Å². The summed E-state index contributed by atoms with van der Waals surface area (Å²) in [6, 6.07) is 8.85. The molecule has 1 atom stereocenters. The van der Waals surface area contributed by atoms with Gasteiger partial charge in [-0.1, -0.05) is 44.2 Å². The molecule has 22 heavy (non-hydrogen) atoms. The van der Waals surface area contributed by atoms with Crippen LogP contribution in [0.3, 0.4) is 0 Å². The van der Waals surface area contributed by atoms with Crippen molar-refractivity contribution in [3.63, 3.8) is 0 Å². The molecule has 0 aliphatic rings. The van der Waals surface area contributed by atoms with Crippen molar-refractivity contribution in [1.82, 2.24) is 10.3 Å². The van der Waals surface area contributed by atoms with E-state index in [1.807, 2.05) is 35.7 Å². The second-order valence-electron chi connectivity index (χ2n) is 5.31. The normalized spacial score (nSPS) is 12.1. The van der Waals surface area contributed by atoms with Gasteiger partial charge >= 0.3 is 5.97 Å². The van der Waals surface area contributed by atoms with Gasteiger partial charge in [0.1, 0.15) is 11.0 Å². The van der Waals surface area contributed by atoms with E-state index in [0.29, 0.717) is 5.69 Å². The molecule has 0 unspecified atom stereocenters. The SMILES string of the molecule is CC(C)[C@H](NC(=O)Cc1csc(-c2ccccc2)n1)C(=O)O. The summed E-state index contributed by atoms with van der Waals surface area (Å²) in [6.07, 6.45) is 0.0832. The zero-order chi connectivity index (χ0) is 16.1. The van der Waals surface area contributed by atoms with Crippen LogP contribution in [0, 0.1) is 5.92 Å². The van der Waals surface area contributed by atoms with Gasteiger partial charge in [-0.25, -0.2) is 9.78 Å². The lowest BCUT2D eigenvalue weighted by atomic mass is 10.0. The van der Waals surface area contributed by atoms with E-state index in [1.165, 1.54) is 11.3 Å². The molecule has 0 spiro atoms. The Morgan fingerprint density at radius 1 is 1.27 bits per heavy atom. The molecule has 2 N–H and O–H groups in total. The molecule has 0 saturated carbocycles.